The van der Waals surface area contributed by atoms with Gasteiger partial charge in [-0.3, -0.25) is 9.59 Å². The number of carbonyl (C=O) groups is 2. The predicted octanol–water partition coefficient (Wildman–Crippen LogP) is 3.91. The van der Waals surface area contributed by atoms with Crippen LogP contribution in [0.1, 0.15) is 22.9 Å². The second-order valence-electron chi connectivity index (χ2n) is 6.65. The van der Waals surface area contributed by atoms with Gasteiger partial charge in [0.15, 0.2) is 0 Å². The lowest BCUT2D eigenvalue weighted by Crippen LogP contribution is -2.29. The van der Waals surface area contributed by atoms with Crippen LogP contribution >= 0.6 is 0 Å². The standard InChI is InChI=1S/C23H19NO5/c1-28-17-10-5-9-16(13-17)20-19(21(25)15-7-3-2-4-8-15)22(26)23(27)24(20)14-18-11-6-12-29-18/h2-13,20,25H,14H2,1H3/b21-19+. The van der Waals surface area contributed by atoms with Gasteiger partial charge in [0.1, 0.15) is 17.3 Å². The Hall–Kier alpha value is -3.80. The van der Waals surface area contributed by atoms with Crippen molar-refractivity contribution in [3.8, 4) is 5.75 Å². The van der Waals surface area contributed by atoms with E-state index in [1.807, 2.05) is 6.07 Å². The molecular formula is C23H19NO5. The second-order valence-corrected chi connectivity index (χ2v) is 6.65. The van der Waals surface area contributed by atoms with Crippen molar-refractivity contribution in [3.05, 3.63) is 95.5 Å². The molecule has 1 aliphatic rings. The third kappa shape index (κ3) is 3.40. The summed E-state index contributed by atoms with van der Waals surface area (Å²) in [6, 6.07) is 18.5. The number of rotatable bonds is 5. The maximum atomic E-state index is 12.9. The van der Waals surface area contributed by atoms with E-state index in [1.165, 1.54) is 11.2 Å². The second kappa shape index (κ2) is 7.67. The Morgan fingerprint density at radius 2 is 1.86 bits per heavy atom. The Kier molecular flexibility index (Phi) is 4.91. The molecule has 0 spiro atoms. The number of hydrogen-bond donors (Lipinski definition) is 1. The molecule has 4 rings (SSSR count). The van der Waals surface area contributed by atoms with Crippen molar-refractivity contribution in [1.29, 1.82) is 0 Å². The first-order chi connectivity index (χ1) is 14.1. The molecule has 1 saturated heterocycles. The van der Waals surface area contributed by atoms with Gasteiger partial charge in [-0.05, 0) is 29.8 Å². The van der Waals surface area contributed by atoms with Crippen molar-refractivity contribution in [1.82, 2.24) is 4.90 Å². The first-order valence-electron chi connectivity index (χ1n) is 9.10. The molecule has 1 fully saturated rings. The molecule has 1 N–H and O–H groups in total. The van der Waals surface area contributed by atoms with Crippen LogP contribution in [0.3, 0.4) is 0 Å². The number of hydrogen-bond acceptors (Lipinski definition) is 5. The van der Waals surface area contributed by atoms with E-state index in [2.05, 4.69) is 0 Å². The van der Waals surface area contributed by atoms with Gasteiger partial charge < -0.3 is 19.2 Å². The minimum Gasteiger partial charge on any atom is -0.507 e. The molecule has 3 aromatic rings. The summed E-state index contributed by atoms with van der Waals surface area (Å²) in [7, 11) is 1.54. The van der Waals surface area contributed by atoms with Gasteiger partial charge in [0, 0.05) is 5.56 Å². The van der Waals surface area contributed by atoms with Crippen molar-refractivity contribution in [2.75, 3.05) is 7.11 Å². The van der Waals surface area contributed by atoms with E-state index in [0.717, 1.165) is 0 Å². The summed E-state index contributed by atoms with van der Waals surface area (Å²) >= 11 is 0. The van der Waals surface area contributed by atoms with E-state index in [1.54, 1.807) is 67.8 Å². The Bertz CT molecular complexity index is 1070. The average molecular weight is 389 g/mol. The van der Waals surface area contributed by atoms with E-state index < -0.39 is 17.7 Å². The van der Waals surface area contributed by atoms with Crippen LogP contribution in [0.4, 0.5) is 0 Å². The number of furan rings is 1. The van der Waals surface area contributed by atoms with Crippen molar-refractivity contribution >= 4 is 17.4 Å². The summed E-state index contributed by atoms with van der Waals surface area (Å²) in [6.07, 6.45) is 1.51. The molecule has 2 aromatic carbocycles. The fourth-order valence-corrected chi connectivity index (χ4v) is 3.52. The molecular weight excluding hydrogens is 370 g/mol. The van der Waals surface area contributed by atoms with E-state index in [4.69, 9.17) is 9.15 Å². The number of carbonyl (C=O) groups excluding carboxylic acids is 2. The Balaban J connectivity index is 1.88. The lowest BCUT2D eigenvalue weighted by molar-refractivity contribution is -0.140. The zero-order valence-electron chi connectivity index (χ0n) is 15.7. The fourth-order valence-electron chi connectivity index (χ4n) is 3.52. The molecule has 6 nitrogen and oxygen atoms in total. The number of ketones is 1. The van der Waals surface area contributed by atoms with Gasteiger partial charge in [0.2, 0.25) is 0 Å². The molecule has 0 radical (unpaired) electrons. The van der Waals surface area contributed by atoms with Gasteiger partial charge in [-0.2, -0.15) is 0 Å². The van der Waals surface area contributed by atoms with Gasteiger partial charge in [-0.1, -0.05) is 42.5 Å². The SMILES string of the molecule is COc1cccc(C2/C(=C(\O)c3ccccc3)C(=O)C(=O)N2Cc2ccco2)c1. The van der Waals surface area contributed by atoms with Crippen LogP contribution in [0.15, 0.2) is 83.0 Å². The number of aliphatic hydroxyl groups excluding tert-OH is 1. The van der Waals surface area contributed by atoms with Crippen LogP contribution in [-0.4, -0.2) is 28.8 Å². The van der Waals surface area contributed by atoms with Crippen LogP contribution in [0.2, 0.25) is 0 Å². The maximum Gasteiger partial charge on any atom is 0.296 e. The van der Waals surface area contributed by atoms with Crippen LogP contribution in [0, 0.1) is 0 Å². The van der Waals surface area contributed by atoms with E-state index in [0.29, 0.717) is 22.6 Å². The highest BCUT2D eigenvalue weighted by atomic mass is 16.5. The summed E-state index contributed by atoms with van der Waals surface area (Å²) in [5.41, 5.74) is 1.17. The topological polar surface area (TPSA) is 80.0 Å². The predicted molar refractivity (Wildman–Crippen MR) is 106 cm³/mol. The van der Waals surface area contributed by atoms with Gasteiger partial charge in [0.05, 0.1) is 31.5 Å². The fraction of sp³-hybridized carbons (Fsp3) is 0.130. The Morgan fingerprint density at radius 3 is 2.55 bits per heavy atom. The Morgan fingerprint density at radius 1 is 1.07 bits per heavy atom. The van der Waals surface area contributed by atoms with E-state index in [-0.39, 0.29) is 17.9 Å². The highest BCUT2D eigenvalue weighted by molar-refractivity contribution is 6.46. The number of amides is 1. The van der Waals surface area contributed by atoms with Gasteiger partial charge in [-0.25, -0.2) is 0 Å². The van der Waals surface area contributed by atoms with Crippen LogP contribution < -0.4 is 4.74 Å². The molecule has 0 aliphatic carbocycles. The monoisotopic (exact) mass is 389 g/mol. The van der Waals surface area contributed by atoms with Gasteiger partial charge >= 0.3 is 0 Å². The van der Waals surface area contributed by atoms with Crippen LogP contribution in [-0.2, 0) is 16.1 Å². The summed E-state index contributed by atoms with van der Waals surface area (Å²) in [4.78, 5) is 27.2. The third-order valence-corrected chi connectivity index (χ3v) is 4.90. The molecule has 146 valence electrons. The van der Waals surface area contributed by atoms with E-state index >= 15 is 0 Å². The highest BCUT2D eigenvalue weighted by Crippen LogP contribution is 2.41. The first-order valence-corrected chi connectivity index (χ1v) is 9.10. The lowest BCUT2D eigenvalue weighted by atomic mass is 9.95. The van der Waals surface area contributed by atoms with Crippen molar-refractivity contribution < 1.29 is 23.8 Å². The number of nitrogens with zero attached hydrogens (tertiary/aromatic N) is 1. The zero-order valence-corrected chi connectivity index (χ0v) is 15.7. The molecule has 1 aliphatic heterocycles. The van der Waals surface area contributed by atoms with Crippen molar-refractivity contribution in [2.45, 2.75) is 12.6 Å². The summed E-state index contributed by atoms with van der Waals surface area (Å²) < 4.78 is 10.7. The maximum absolute atomic E-state index is 12.9. The largest absolute Gasteiger partial charge is 0.507 e. The molecule has 1 aromatic heterocycles. The normalized spacial score (nSPS) is 18.2. The van der Waals surface area contributed by atoms with Crippen molar-refractivity contribution in [2.24, 2.45) is 0 Å². The number of methoxy groups -OCH3 is 1. The lowest BCUT2D eigenvalue weighted by Gasteiger charge is -2.24. The minimum atomic E-state index is -0.768. The highest BCUT2D eigenvalue weighted by Gasteiger charge is 2.46. The number of benzene rings is 2. The number of aliphatic hydroxyl groups is 1. The molecule has 1 unspecified atom stereocenters. The molecule has 0 saturated carbocycles. The molecule has 1 amide bonds. The number of ether oxygens (including phenoxy) is 1. The third-order valence-electron chi connectivity index (χ3n) is 4.90. The molecule has 1 atom stereocenters. The molecule has 6 heteroatoms. The van der Waals surface area contributed by atoms with Gasteiger partial charge in [-0.15, -0.1) is 0 Å². The molecule has 29 heavy (non-hydrogen) atoms. The minimum absolute atomic E-state index is 0.0426. The summed E-state index contributed by atoms with van der Waals surface area (Å²) in [6.45, 7) is 0.102. The van der Waals surface area contributed by atoms with Crippen molar-refractivity contribution in [3.63, 3.8) is 0 Å². The Labute approximate surface area is 167 Å². The number of likely N-dealkylation sites (tertiary alicyclic amines) is 1. The average Bonchev–Trinajstić information content (AvgIpc) is 3.36. The molecule has 0 bridgehead atoms. The first kappa shape index (κ1) is 18.6. The smallest absolute Gasteiger partial charge is 0.296 e. The summed E-state index contributed by atoms with van der Waals surface area (Å²) in [5.74, 6) is -0.499. The summed E-state index contributed by atoms with van der Waals surface area (Å²) in [5, 5.41) is 10.9. The molecule has 2 heterocycles. The van der Waals surface area contributed by atoms with Crippen LogP contribution in [0.25, 0.3) is 5.76 Å². The van der Waals surface area contributed by atoms with Crippen LogP contribution in [0.5, 0.6) is 5.75 Å². The quantitative estimate of drug-likeness (QED) is 0.407. The van der Waals surface area contributed by atoms with Gasteiger partial charge in [0.25, 0.3) is 11.7 Å². The van der Waals surface area contributed by atoms with E-state index in [9.17, 15) is 14.7 Å². The zero-order chi connectivity index (χ0) is 20.4. The number of Topliss-reactive ketones (excluding diaryl/α,β-unsaturated/α-hetero) is 1.